The Morgan fingerprint density at radius 2 is 2.29 bits per heavy atom. The number of esters is 1. The third-order valence-electron chi connectivity index (χ3n) is 2.07. The molecule has 0 amide bonds. The molecule has 0 unspecified atom stereocenters. The van der Waals surface area contributed by atoms with Crippen LogP contribution in [0.25, 0.3) is 11.1 Å². The van der Waals surface area contributed by atoms with Crippen molar-refractivity contribution in [1.82, 2.24) is 4.98 Å². The molecular formula is C11H9NO5. The second-order valence-corrected chi connectivity index (χ2v) is 3.19. The Morgan fingerprint density at radius 3 is 3.00 bits per heavy atom. The van der Waals surface area contributed by atoms with Crippen molar-refractivity contribution in [3.8, 4) is 5.75 Å². The van der Waals surface area contributed by atoms with Gasteiger partial charge in [-0.05, 0) is 19.1 Å². The maximum Gasteiger partial charge on any atom is 0.370 e. The van der Waals surface area contributed by atoms with Gasteiger partial charge < -0.3 is 14.3 Å². The Balaban J connectivity index is 2.66. The highest BCUT2D eigenvalue weighted by Gasteiger charge is 2.17. The standard InChI is InChI=1S/C11H9NO5/c1-2-16-10(14)9-11(15)17-7-5-3-4-6(13)8(7)12-9/h3-5,13H,2H2,1H3. The van der Waals surface area contributed by atoms with Gasteiger partial charge in [0, 0.05) is 0 Å². The number of nitrogens with zero attached hydrogens (tertiary/aromatic N) is 1. The molecule has 0 radical (unpaired) electrons. The fourth-order valence-electron chi connectivity index (χ4n) is 1.34. The van der Waals surface area contributed by atoms with E-state index in [-0.39, 0.29) is 23.5 Å². The highest BCUT2D eigenvalue weighted by atomic mass is 16.5. The molecule has 0 bridgehead atoms. The SMILES string of the molecule is CCOC(=O)c1nc2c(O)cccc2oc1=O. The van der Waals surface area contributed by atoms with Crippen LogP contribution in [0, 0.1) is 0 Å². The summed E-state index contributed by atoms with van der Waals surface area (Å²) in [5.41, 5.74) is -1.19. The van der Waals surface area contributed by atoms with E-state index in [4.69, 9.17) is 4.42 Å². The van der Waals surface area contributed by atoms with E-state index in [1.165, 1.54) is 18.2 Å². The van der Waals surface area contributed by atoms with Gasteiger partial charge in [-0.25, -0.2) is 14.6 Å². The molecule has 0 aliphatic heterocycles. The van der Waals surface area contributed by atoms with Crippen LogP contribution in [0.15, 0.2) is 27.4 Å². The summed E-state index contributed by atoms with van der Waals surface area (Å²) in [6.45, 7) is 1.73. The predicted molar refractivity (Wildman–Crippen MR) is 57.9 cm³/mol. The van der Waals surface area contributed by atoms with Crippen LogP contribution >= 0.6 is 0 Å². The maximum atomic E-state index is 11.4. The van der Waals surface area contributed by atoms with E-state index >= 15 is 0 Å². The van der Waals surface area contributed by atoms with Gasteiger partial charge in [0.1, 0.15) is 11.3 Å². The van der Waals surface area contributed by atoms with Crippen molar-refractivity contribution in [2.75, 3.05) is 6.61 Å². The molecule has 0 aliphatic rings. The summed E-state index contributed by atoms with van der Waals surface area (Å²) >= 11 is 0. The molecule has 17 heavy (non-hydrogen) atoms. The number of aromatic nitrogens is 1. The third kappa shape index (κ3) is 1.96. The fraction of sp³-hybridized carbons (Fsp3) is 0.182. The second kappa shape index (κ2) is 4.25. The van der Waals surface area contributed by atoms with Gasteiger partial charge >= 0.3 is 11.6 Å². The molecule has 1 aromatic heterocycles. The molecule has 0 aliphatic carbocycles. The largest absolute Gasteiger partial charge is 0.506 e. The fourth-order valence-corrected chi connectivity index (χ4v) is 1.34. The minimum absolute atomic E-state index is 0.0511. The molecular weight excluding hydrogens is 226 g/mol. The molecule has 1 aromatic carbocycles. The first-order valence-electron chi connectivity index (χ1n) is 4.93. The number of para-hydroxylation sites is 1. The number of rotatable bonds is 2. The van der Waals surface area contributed by atoms with Crippen molar-refractivity contribution in [2.24, 2.45) is 0 Å². The third-order valence-corrected chi connectivity index (χ3v) is 2.07. The smallest absolute Gasteiger partial charge is 0.370 e. The lowest BCUT2D eigenvalue weighted by Gasteiger charge is -2.02. The van der Waals surface area contributed by atoms with Crippen LogP contribution in [0.3, 0.4) is 0 Å². The predicted octanol–water partition coefficient (Wildman–Crippen LogP) is 1.07. The first-order chi connectivity index (χ1) is 8.13. The second-order valence-electron chi connectivity index (χ2n) is 3.19. The average molecular weight is 235 g/mol. The Kier molecular flexibility index (Phi) is 2.78. The number of carbonyl (C=O) groups excluding carboxylic acids is 1. The number of aromatic hydroxyl groups is 1. The van der Waals surface area contributed by atoms with Gasteiger partial charge in [-0.2, -0.15) is 0 Å². The van der Waals surface area contributed by atoms with Gasteiger partial charge in [0.25, 0.3) is 0 Å². The molecule has 6 nitrogen and oxygen atoms in total. The van der Waals surface area contributed by atoms with Crippen molar-refractivity contribution in [1.29, 1.82) is 0 Å². The molecule has 2 aromatic rings. The number of hydrogen-bond acceptors (Lipinski definition) is 6. The minimum atomic E-state index is -0.887. The molecule has 0 saturated carbocycles. The van der Waals surface area contributed by atoms with E-state index in [0.717, 1.165) is 0 Å². The number of fused-ring (bicyclic) bond motifs is 1. The van der Waals surface area contributed by atoms with Gasteiger partial charge in [0.2, 0.25) is 5.69 Å². The quantitative estimate of drug-likeness (QED) is 0.783. The maximum absolute atomic E-state index is 11.4. The lowest BCUT2D eigenvalue weighted by atomic mass is 10.3. The zero-order valence-electron chi connectivity index (χ0n) is 8.97. The van der Waals surface area contributed by atoms with Crippen molar-refractivity contribution < 1.29 is 19.1 Å². The number of ether oxygens (including phenoxy) is 1. The number of hydrogen-bond donors (Lipinski definition) is 1. The van der Waals surface area contributed by atoms with Crippen LogP contribution in [0.5, 0.6) is 5.75 Å². The molecule has 6 heteroatoms. The zero-order chi connectivity index (χ0) is 12.4. The number of phenolic OH excluding ortho intramolecular Hbond substituents is 1. The molecule has 0 spiro atoms. The van der Waals surface area contributed by atoms with Crippen molar-refractivity contribution in [3.63, 3.8) is 0 Å². The van der Waals surface area contributed by atoms with Crippen LogP contribution < -0.4 is 5.63 Å². The Morgan fingerprint density at radius 1 is 1.53 bits per heavy atom. The summed E-state index contributed by atoms with van der Waals surface area (Å²) < 4.78 is 9.52. The average Bonchev–Trinajstić information content (AvgIpc) is 2.29. The Bertz CT molecular complexity index is 631. The van der Waals surface area contributed by atoms with E-state index in [1.54, 1.807) is 6.92 Å². The van der Waals surface area contributed by atoms with E-state index in [1.807, 2.05) is 0 Å². The summed E-state index contributed by atoms with van der Waals surface area (Å²) in [6, 6.07) is 4.36. The molecule has 2 rings (SSSR count). The molecule has 1 heterocycles. The summed E-state index contributed by atoms with van der Waals surface area (Å²) in [7, 11) is 0. The Labute approximate surface area is 95.5 Å². The normalized spacial score (nSPS) is 10.4. The van der Waals surface area contributed by atoms with Crippen molar-refractivity contribution >= 4 is 17.1 Å². The zero-order valence-corrected chi connectivity index (χ0v) is 8.97. The van der Waals surface area contributed by atoms with Gasteiger partial charge in [-0.3, -0.25) is 0 Å². The van der Waals surface area contributed by atoms with Gasteiger partial charge in [-0.1, -0.05) is 6.07 Å². The first-order valence-corrected chi connectivity index (χ1v) is 4.93. The van der Waals surface area contributed by atoms with Crippen LogP contribution in [-0.4, -0.2) is 22.7 Å². The summed E-state index contributed by atoms with van der Waals surface area (Å²) in [6.07, 6.45) is 0. The van der Waals surface area contributed by atoms with Gasteiger partial charge in [0.15, 0.2) is 5.58 Å². The van der Waals surface area contributed by atoms with E-state index in [0.29, 0.717) is 0 Å². The molecule has 0 saturated heterocycles. The van der Waals surface area contributed by atoms with Crippen molar-refractivity contribution in [3.05, 3.63) is 34.3 Å². The minimum Gasteiger partial charge on any atom is -0.506 e. The molecule has 0 fully saturated rings. The summed E-state index contributed by atoms with van der Waals surface area (Å²) in [5.74, 6) is -1.04. The van der Waals surface area contributed by atoms with Gasteiger partial charge in [-0.15, -0.1) is 0 Å². The van der Waals surface area contributed by atoms with E-state index in [2.05, 4.69) is 9.72 Å². The van der Waals surface area contributed by atoms with Crippen LogP contribution in [0.2, 0.25) is 0 Å². The van der Waals surface area contributed by atoms with Crippen molar-refractivity contribution in [2.45, 2.75) is 6.92 Å². The van der Waals surface area contributed by atoms with Crippen LogP contribution in [0.1, 0.15) is 17.4 Å². The Hall–Kier alpha value is -2.37. The van der Waals surface area contributed by atoms with E-state index < -0.39 is 17.3 Å². The van der Waals surface area contributed by atoms with Gasteiger partial charge in [0.05, 0.1) is 6.61 Å². The van der Waals surface area contributed by atoms with E-state index in [9.17, 15) is 14.7 Å². The topological polar surface area (TPSA) is 89.6 Å². The molecule has 1 N–H and O–H groups in total. The lowest BCUT2D eigenvalue weighted by Crippen LogP contribution is -2.18. The summed E-state index contributed by atoms with van der Waals surface area (Å²) in [5, 5.41) is 9.52. The van der Waals surface area contributed by atoms with Crippen LogP contribution in [0.4, 0.5) is 0 Å². The van der Waals surface area contributed by atoms with Crippen LogP contribution in [-0.2, 0) is 4.74 Å². The monoisotopic (exact) mass is 235 g/mol. The highest BCUT2D eigenvalue weighted by Crippen LogP contribution is 2.20. The summed E-state index contributed by atoms with van der Waals surface area (Å²) in [4.78, 5) is 26.6. The first kappa shape index (κ1) is 11.1. The lowest BCUT2D eigenvalue weighted by molar-refractivity contribution is 0.0514. The number of benzene rings is 1. The highest BCUT2D eigenvalue weighted by molar-refractivity contribution is 5.89. The molecule has 88 valence electrons. The number of carbonyl (C=O) groups is 1. The number of phenols is 1. The molecule has 0 atom stereocenters.